The minimum Gasteiger partial charge on any atom is -0.492 e. The van der Waals surface area contributed by atoms with Crippen molar-refractivity contribution in [2.75, 3.05) is 26.2 Å². The van der Waals surface area contributed by atoms with Crippen molar-refractivity contribution >= 4 is 11.9 Å². The van der Waals surface area contributed by atoms with Crippen molar-refractivity contribution in [3.8, 4) is 5.75 Å². The van der Waals surface area contributed by atoms with Crippen molar-refractivity contribution in [1.29, 1.82) is 0 Å². The number of aliphatic imine (C=N–C) groups is 1. The second-order valence-electron chi connectivity index (χ2n) is 6.79. The maximum atomic E-state index is 12.7. The van der Waals surface area contributed by atoms with Gasteiger partial charge in [-0.3, -0.25) is 4.79 Å². The Morgan fingerprint density at radius 2 is 1.89 bits per heavy atom. The zero-order chi connectivity index (χ0) is 20.5. The molecule has 6 nitrogen and oxygen atoms in total. The van der Waals surface area contributed by atoms with Crippen LogP contribution in [0.3, 0.4) is 0 Å². The van der Waals surface area contributed by atoms with Gasteiger partial charge in [0.1, 0.15) is 18.9 Å². The Kier molecular flexibility index (Phi) is 8.39. The van der Waals surface area contributed by atoms with Crippen LogP contribution in [0.25, 0.3) is 0 Å². The third-order valence-corrected chi connectivity index (χ3v) is 3.06. The molecule has 9 heteroatoms. The van der Waals surface area contributed by atoms with Gasteiger partial charge in [-0.2, -0.15) is 13.2 Å². The van der Waals surface area contributed by atoms with Crippen LogP contribution in [0.4, 0.5) is 13.2 Å². The molecule has 0 radical (unpaired) electrons. The largest absolute Gasteiger partial charge is 0.492 e. The Labute approximate surface area is 157 Å². The molecule has 1 aromatic rings. The summed E-state index contributed by atoms with van der Waals surface area (Å²) < 4.78 is 43.4. The van der Waals surface area contributed by atoms with Gasteiger partial charge < -0.3 is 20.7 Å². The fraction of sp³-hybridized carbons (Fsp3) is 0.556. The van der Waals surface area contributed by atoms with E-state index in [1.165, 1.54) is 12.1 Å². The fourth-order valence-corrected chi connectivity index (χ4v) is 2.05. The van der Waals surface area contributed by atoms with E-state index < -0.39 is 11.7 Å². The number of nitrogens with zero attached hydrogens (tertiary/aromatic N) is 1. The number of carbonyl (C=O) groups is 1. The van der Waals surface area contributed by atoms with Gasteiger partial charge >= 0.3 is 6.18 Å². The predicted octanol–water partition coefficient (Wildman–Crippen LogP) is 2.55. The molecule has 152 valence electrons. The van der Waals surface area contributed by atoms with Crippen LogP contribution in [0, 0.1) is 0 Å². The summed E-state index contributed by atoms with van der Waals surface area (Å²) in [5, 5.41) is 8.75. The average molecular weight is 388 g/mol. The molecule has 27 heavy (non-hydrogen) atoms. The molecule has 0 aromatic heterocycles. The van der Waals surface area contributed by atoms with Gasteiger partial charge in [0.05, 0.1) is 12.1 Å². The minimum atomic E-state index is -4.41. The first-order valence-corrected chi connectivity index (χ1v) is 8.64. The summed E-state index contributed by atoms with van der Waals surface area (Å²) in [5.74, 6) is 0.354. The molecule has 0 bridgehead atoms. The highest BCUT2D eigenvalue weighted by Crippen LogP contribution is 2.31. The zero-order valence-corrected chi connectivity index (χ0v) is 16.0. The molecule has 3 N–H and O–H groups in total. The number of guanidine groups is 1. The van der Waals surface area contributed by atoms with Crippen LogP contribution in [0.2, 0.25) is 0 Å². The van der Waals surface area contributed by atoms with Crippen molar-refractivity contribution in [1.82, 2.24) is 16.0 Å². The predicted molar refractivity (Wildman–Crippen MR) is 98.8 cm³/mol. The third-order valence-electron chi connectivity index (χ3n) is 3.06. The van der Waals surface area contributed by atoms with Crippen molar-refractivity contribution in [3.05, 3.63) is 29.8 Å². The molecular formula is C18H27F3N4O2. The first-order chi connectivity index (χ1) is 12.5. The van der Waals surface area contributed by atoms with E-state index in [-0.39, 0.29) is 30.3 Å². The number of amides is 1. The molecule has 0 aliphatic carbocycles. The molecular weight excluding hydrogens is 361 g/mol. The van der Waals surface area contributed by atoms with Crippen LogP contribution in [0.1, 0.15) is 33.3 Å². The molecule has 1 rings (SSSR count). The fourth-order valence-electron chi connectivity index (χ4n) is 2.05. The molecule has 0 spiro atoms. The molecule has 0 aliphatic rings. The molecule has 1 amide bonds. The molecule has 0 heterocycles. The van der Waals surface area contributed by atoms with Crippen molar-refractivity contribution in [2.24, 2.45) is 4.99 Å². The number of hydrogen-bond donors (Lipinski definition) is 3. The lowest BCUT2D eigenvalue weighted by Crippen LogP contribution is -2.43. The second-order valence-corrected chi connectivity index (χ2v) is 6.79. The SMILES string of the molecule is CCNC(=NCC(=O)NC(C)(C)C)NCCOc1cccc(C(F)(F)F)c1. The van der Waals surface area contributed by atoms with Crippen molar-refractivity contribution in [2.45, 2.75) is 39.4 Å². The van der Waals surface area contributed by atoms with Crippen LogP contribution in [-0.4, -0.2) is 43.6 Å². The lowest BCUT2D eigenvalue weighted by atomic mass is 10.1. The summed E-state index contributed by atoms with van der Waals surface area (Å²) in [4.78, 5) is 16.0. The van der Waals surface area contributed by atoms with Crippen LogP contribution in [0.15, 0.2) is 29.3 Å². The summed E-state index contributed by atoms with van der Waals surface area (Å²) in [6.07, 6.45) is -4.41. The molecule has 0 atom stereocenters. The monoisotopic (exact) mass is 388 g/mol. The van der Waals surface area contributed by atoms with Crippen molar-refractivity contribution < 1.29 is 22.7 Å². The molecule has 0 unspecified atom stereocenters. The molecule has 0 fully saturated rings. The van der Waals surface area contributed by atoms with Gasteiger partial charge in [0, 0.05) is 12.1 Å². The average Bonchev–Trinajstić information content (AvgIpc) is 2.54. The number of benzene rings is 1. The Bertz CT molecular complexity index is 640. The minimum absolute atomic E-state index is 0.0406. The highest BCUT2D eigenvalue weighted by atomic mass is 19.4. The lowest BCUT2D eigenvalue weighted by molar-refractivity contribution is -0.137. The number of alkyl halides is 3. The highest BCUT2D eigenvalue weighted by molar-refractivity contribution is 5.85. The molecule has 0 saturated carbocycles. The number of nitrogens with one attached hydrogen (secondary N) is 3. The topological polar surface area (TPSA) is 74.8 Å². The van der Waals surface area contributed by atoms with Crippen LogP contribution in [0.5, 0.6) is 5.75 Å². The number of hydrogen-bond acceptors (Lipinski definition) is 3. The van der Waals surface area contributed by atoms with E-state index in [9.17, 15) is 18.0 Å². The van der Waals surface area contributed by atoms with Gasteiger partial charge in [-0.1, -0.05) is 6.07 Å². The number of carbonyl (C=O) groups excluding carboxylic acids is 1. The van der Waals surface area contributed by atoms with Gasteiger partial charge in [0.25, 0.3) is 0 Å². The van der Waals surface area contributed by atoms with E-state index in [1.54, 1.807) is 0 Å². The standard InChI is InChI=1S/C18H27F3N4O2/c1-5-22-16(24-12-15(26)25-17(2,3)4)23-9-10-27-14-8-6-7-13(11-14)18(19,20)21/h6-8,11H,5,9-10,12H2,1-4H3,(H,25,26)(H2,22,23,24). The third kappa shape index (κ3) is 9.72. The molecule has 1 aromatic carbocycles. The number of ether oxygens (including phenoxy) is 1. The highest BCUT2D eigenvalue weighted by Gasteiger charge is 2.30. The normalized spacial score (nSPS) is 12.5. The van der Waals surface area contributed by atoms with E-state index in [0.717, 1.165) is 12.1 Å². The van der Waals surface area contributed by atoms with E-state index >= 15 is 0 Å². The summed E-state index contributed by atoms with van der Waals surface area (Å²) in [6, 6.07) is 4.70. The van der Waals surface area contributed by atoms with Crippen molar-refractivity contribution in [3.63, 3.8) is 0 Å². The quantitative estimate of drug-likeness (QED) is 0.381. The van der Waals surface area contributed by atoms with Gasteiger partial charge in [-0.25, -0.2) is 4.99 Å². The van der Waals surface area contributed by atoms with Crippen LogP contribution in [-0.2, 0) is 11.0 Å². The Balaban J connectivity index is 2.49. The summed E-state index contributed by atoms with van der Waals surface area (Å²) in [6.45, 7) is 8.52. The number of rotatable bonds is 7. The van der Waals surface area contributed by atoms with Gasteiger partial charge in [0.15, 0.2) is 5.96 Å². The Hall–Kier alpha value is -2.45. The van der Waals surface area contributed by atoms with Crippen LogP contribution >= 0.6 is 0 Å². The first-order valence-electron chi connectivity index (χ1n) is 8.64. The van der Waals surface area contributed by atoms with E-state index in [4.69, 9.17) is 4.74 Å². The smallest absolute Gasteiger partial charge is 0.416 e. The number of halogens is 3. The second kappa shape index (κ2) is 10.0. The van der Waals surface area contributed by atoms with Gasteiger partial charge in [0.2, 0.25) is 5.91 Å². The molecule has 0 saturated heterocycles. The maximum absolute atomic E-state index is 12.7. The summed E-state index contributed by atoms with van der Waals surface area (Å²) in [5.41, 5.74) is -1.09. The maximum Gasteiger partial charge on any atom is 0.416 e. The summed E-state index contributed by atoms with van der Waals surface area (Å²) in [7, 11) is 0. The van der Waals surface area contributed by atoms with E-state index in [1.807, 2.05) is 27.7 Å². The van der Waals surface area contributed by atoms with E-state index in [0.29, 0.717) is 19.0 Å². The molecule has 0 aliphatic heterocycles. The Morgan fingerprint density at radius 1 is 1.19 bits per heavy atom. The summed E-state index contributed by atoms with van der Waals surface area (Å²) >= 11 is 0. The van der Waals surface area contributed by atoms with Gasteiger partial charge in [-0.05, 0) is 45.9 Å². The first kappa shape index (κ1) is 22.6. The Morgan fingerprint density at radius 3 is 2.48 bits per heavy atom. The zero-order valence-electron chi connectivity index (χ0n) is 16.0. The van der Waals surface area contributed by atoms with Crippen LogP contribution < -0.4 is 20.7 Å². The lowest BCUT2D eigenvalue weighted by Gasteiger charge is -2.20. The van der Waals surface area contributed by atoms with E-state index in [2.05, 4.69) is 20.9 Å². The van der Waals surface area contributed by atoms with Gasteiger partial charge in [-0.15, -0.1) is 0 Å².